The monoisotopic (exact) mass is 223 g/mol. The summed E-state index contributed by atoms with van der Waals surface area (Å²) < 4.78 is 22.4. The minimum atomic E-state index is -2.81. The summed E-state index contributed by atoms with van der Waals surface area (Å²) in [5, 5.41) is 0. The average molecular weight is 223 g/mol. The summed E-state index contributed by atoms with van der Waals surface area (Å²) in [6.07, 6.45) is 2.41. The van der Waals surface area contributed by atoms with Crippen LogP contribution < -0.4 is 0 Å². The molecule has 1 saturated heterocycles. The van der Waals surface area contributed by atoms with Crippen molar-refractivity contribution in [2.45, 2.75) is 12.5 Å². The van der Waals surface area contributed by atoms with Gasteiger partial charge in [0.15, 0.2) is 9.84 Å². The van der Waals surface area contributed by atoms with Crippen molar-refractivity contribution in [2.24, 2.45) is 4.99 Å². The zero-order chi connectivity index (χ0) is 10.7. The van der Waals surface area contributed by atoms with E-state index in [1.165, 1.54) is 0 Å². The molecule has 1 aromatic carbocycles. The fourth-order valence-corrected chi connectivity index (χ4v) is 3.26. The summed E-state index contributed by atoms with van der Waals surface area (Å²) in [5.74, 6) is 0.486. The number of sulfone groups is 1. The summed E-state index contributed by atoms with van der Waals surface area (Å²) in [6.45, 7) is 0. The molecule has 80 valence electrons. The molecule has 1 aliphatic rings. The van der Waals surface area contributed by atoms with Crippen LogP contribution in [0, 0.1) is 0 Å². The molecular formula is C11H13NO2S. The Kier molecular flexibility index (Phi) is 2.86. The molecule has 1 atom stereocenters. The molecule has 1 heterocycles. The van der Waals surface area contributed by atoms with Gasteiger partial charge in [-0.1, -0.05) is 30.3 Å². The van der Waals surface area contributed by atoms with Crippen LogP contribution in [0.1, 0.15) is 12.0 Å². The van der Waals surface area contributed by atoms with Gasteiger partial charge in [-0.3, -0.25) is 4.99 Å². The van der Waals surface area contributed by atoms with Crippen LogP contribution in [0.15, 0.2) is 35.3 Å². The summed E-state index contributed by atoms with van der Waals surface area (Å²) >= 11 is 0. The van der Waals surface area contributed by atoms with Gasteiger partial charge in [0, 0.05) is 6.21 Å². The second kappa shape index (κ2) is 4.14. The van der Waals surface area contributed by atoms with Crippen LogP contribution in [0.3, 0.4) is 0 Å². The number of hydrogen-bond acceptors (Lipinski definition) is 3. The number of rotatable bonds is 2. The molecule has 0 N–H and O–H groups in total. The predicted molar refractivity (Wildman–Crippen MR) is 61.1 cm³/mol. The fraction of sp³-hybridized carbons (Fsp3) is 0.364. The maximum Gasteiger partial charge on any atom is 0.152 e. The van der Waals surface area contributed by atoms with Crippen molar-refractivity contribution in [1.29, 1.82) is 0 Å². The van der Waals surface area contributed by atoms with Gasteiger partial charge in [-0.25, -0.2) is 8.42 Å². The molecule has 0 saturated carbocycles. The Morgan fingerprint density at radius 3 is 2.60 bits per heavy atom. The normalized spacial score (nSPS) is 24.7. The van der Waals surface area contributed by atoms with Crippen LogP contribution >= 0.6 is 0 Å². The molecule has 0 aromatic heterocycles. The van der Waals surface area contributed by atoms with E-state index in [-0.39, 0.29) is 17.5 Å². The Balaban J connectivity index is 2.02. The molecule has 0 bridgehead atoms. The Bertz CT molecular complexity index is 451. The van der Waals surface area contributed by atoms with Crippen molar-refractivity contribution >= 4 is 16.1 Å². The molecule has 3 nitrogen and oxygen atoms in total. The van der Waals surface area contributed by atoms with Crippen LogP contribution in [0.2, 0.25) is 0 Å². The molecule has 0 unspecified atom stereocenters. The lowest BCUT2D eigenvalue weighted by Crippen LogP contribution is -2.07. The van der Waals surface area contributed by atoms with Crippen LogP contribution in [0.4, 0.5) is 0 Å². The van der Waals surface area contributed by atoms with Crippen molar-refractivity contribution < 1.29 is 8.42 Å². The summed E-state index contributed by atoms with van der Waals surface area (Å²) in [4.78, 5) is 4.28. The predicted octanol–water partition coefficient (Wildman–Crippen LogP) is 1.29. The second-order valence-corrected chi connectivity index (χ2v) is 5.97. The van der Waals surface area contributed by atoms with E-state index in [9.17, 15) is 8.42 Å². The Morgan fingerprint density at radius 1 is 1.27 bits per heavy atom. The topological polar surface area (TPSA) is 46.5 Å². The van der Waals surface area contributed by atoms with Crippen LogP contribution in [-0.2, 0) is 9.84 Å². The molecular weight excluding hydrogens is 210 g/mol. The molecule has 0 spiro atoms. The van der Waals surface area contributed by atoms with E-state index in [2.05, 4.69) is 4.99 Å². The number of nitrogens with zero attached hydrogens (tertiary/aromatic N) is 1. The standard InChI is InChI=1S/C11H13NO2S/c13-15(14)7-6-11(9-15)12-8-10-4-2-1-3-5-10/h1-5,8,11H,6-7,9H2/t11-/m1/s1. The van der Waals surface area contributed by atoms with Crippen LogP contribution in [-0.4, -0.2) is 32.2 Å². The SMILES string of the molecule is O=S1(=O)CC[C@@H](N=Cc2ccccc2)C1. The largest absolute Gasteiger partial charge is 0.288 e. The van der Waals surface area contributed by atoms with Gasteiger partial charge in [0.2, 0.25) is 0 Å². The maximum atomic E-state index is 11.2. The minimum Gasteiger partial charge on any atom is -0.288 e. The zero-order valence-electron chi connectivity index (χ0n) is 8.33. The van der Waals surface area contributed by atoms with Gasteiger partial charge in [-0.05, 0) is 12.0 Å². The van der Waals surface area contributed by atoms with Gasteiger partial charge in [-0.15, -0.1) is 0 Å². The molecule has 0 aliphatic carbocycles. The van der Waals surface area contributed by atoms with Crippen molar-refractivity contribution in [2.75, 3.05) is 11.5 Å². The number of hydrogen-bond donors (Lipinski definition) is 0. The third kappa shape index (κ3) is 2.89. The van der Waals surface area contributed by atoms with Gasteiger partial charge in [0.1, 0.15) is 0 Å². The maximum absolute atomic E-state index is 11.2. The molecule has 4 heteroatoms. The van der Waals surface area contributed by atoms with E-state index in [1.807, 2.05) is 30.3 Å². The third-order valence-electron chi connectivity index (χ3n) is 2.44. The van der Waals surface area contributed by atoms with Crippen molar-refractivity contribution in [3.8, 4) is 0 Å². The highest BCUT2D eigenvalue weighted by Gasteiger charge is 2.26. The molecule has 2 rings (SSSR count). The molecule has 0 radical (unpaired) electrons. The van der Waals surface area contributed by atoms with Gasteiger partial charge in [-0.2, -0.15) is 0 Å². The smallest absolute Gasteiger partial charge is 0.152 e. The zero-order valence-corrected chi connectivity index (χ0v) is 9.15. The van der Waals surface area contributed by atoms with Crippen LogP contribution in [0.5, 0.6) is 0 Å². The van der Waals surface area contributed by atoms with E-state index in [4.69, 9.17) is 0 Å². The number of benzene rings is 1. The lowest BCUT2D eigenvalue weighted by Gasteiger charge is -1.98. The molecule has 0 amide bonds. The third-order valence-corrected chi connectivity index (χ3v) is 4.19. The van der Waals surface area contributed by atoms with E-state index in [0.29, 0.717) is 6.42 Å². The first-order valence-corrected chi connectivity index (χ1v) is 6.76. The molecule has 1 fully saturated rings. The Morgan fingerprint density at radius 2 is 2.00 bits per heavy atom. The van der Waals surface area contributed by atoms with Gasteiger partial charge < -0.3 is 0 Å². The highest BCUT2D eigenvalue weighted by atomic mass is 32.2. The average Bonchev–Trinajstić information content (AvgIpc) is 2.57. The lowest BCUT2D eigenvalue weighted by molar-refractivity contribution is 0.601. The van der Waals surface area contributed by atoms with E-state index >= 15 is 0 Å². The van der Waals surface area contributed by atoms with E-state index in [0.717, 1.165) is 5.56 Å². The first-order chi connectivity index (χ1) is 7.16. The first-order valence-electron chi connectivity index (χ1n) is 4.94. The van der Waals surface area contributed by atoms with Crippen LogP contribution in [0.25, 0.3) is 0 Å². The first kappa shape index (κ1) is 10.4. The van der Waals surface area contributed by atoms with Gasteiger partial charge in [0.25, 0.3) is 0 Å². The summed E-state index contributed by atoms with van der Waals surface area (Å²) in [5.41, 5.74) is 1.02. The highest BCUT2D eigenvalue weighted by Crippen LogP contribution is 2.14. The molecule has 1 aromatic rings. The van der Waals surface area contributed by atoms with Crippen molar-refractivity contribution in [3.05, 3.63) is 35.9 Å². The number of aliphatic imine (C=N–C) groups is 1. The van der Waals surface area contributed by atoms with E-state index < -0.39 is 9.84 Å². The highest BCUT2D eigenvalue weighted by molar-refractivity contribution is 7.91. The second-order valence-electron chi connectivity index (χ2n) is 3.75. The van der Waals surface area contributed by atoms with Crippen molar-refractivity contribution in [3.63, 3.8) is 0 Å². The van der Waals surface area contributed by atoms with E-state index in [1.54, 1.807) is 6.21 Å². The minimum absolute atomic E-state index is 0.0461. The molecule has 15 heavy (non-hydrogen) atoms. The summed E-state index contributed by atoms with van der Waals surface area (Å²) in [6, 6.07) is 9.67. The fourth-order valence-electron chi connectivity index (χ4n) is 1.62. The quantitative estimate of drug-likeness (QED) is 0.709. The summed E-state index contributed by atoms with van der Waals surface area (Å²) in [7, 11) is -2.81. The van der Waals surface area contributed by atoms with Crippen molar-refractivity contribution in [1.82, 2.24) is 0 Å². The Labute approximate surface area is 89.8 Å². The van der Waals surface area contributed by atoms with Gasteiger partial charge >= 0.3 is 0 Å². The van der Waals surface area contributed by atoms with Gasteiger partial charge in [0.05, 0.1) is 17.5 Å². The Hall–Kier alpha value is -1.16. The lowest BCUT2D eigenvalue weighted by atomic mass is 10.2. The molecule has 1 aliphatic heterocycles.